The quantitative estimate of drug-likeness (QED) is 0.563. The topological polar surface area (TPSA) is 35.5 Å². The predicted octanol–water partition coefficient (Wildman–Crippen LogP) is 1.84. The molecule has 0 radical (unpaired) electrons. The molecule has 1 aliphatic rings. The largest absolute Gasteiger partial charge is 0.457 e. The fourth-order valence-corrected chi connectivity index (χ4v) is 1.00. The SMILES string of the molecule is CC1=CC(=O)O[C@](C)(C(C)C)O1. The predicted molar refractivity (Wildman–Crippen MR) is 44.2 cm³/mol. The summed E-state index contributed by atoms with van der Waals surface area (Å²) in [5.74, 6) is -0.363. The molecule has 12 heavy (non-hydrogen) atoms. The number of cyclic esters (lactones) is 1. The lowest BCUT2D eigenvalue weighted by atomic mass is 10.0. The van der Waals surface area contributed by atoms with E-state index in [-0.39, 0.29) is 11.9 Å². The first kappa shape index (κ1) is 9.10. The molecule has 1 heterocycles. The third kappa shape index (κ3) is 1.60. The van der Waals surface area contributed by atoms with Crippen LogP contribution in [0.15, 0.2) is 11.8 Å². The second kappa shape index (κ2) is 2.81. The Balaban J connectivity index is 2.85. The smallest absolute Gasteiger partial charge is 0.337 e. The maximum absolute atomic E-state index is 11.0. The maximum atomic E-state index is 11.0. The summed E-state index contributed by atoms with van der Waals surface area (Å²) in [5, 5.41) is 0. The highest BCUT2D eigenvalue weighted by atomic mass is 16.7. The van der Waals surface area contributed by atoms with Gasteiger partial charge in [0, 0.05) is 12.8 Å². The molecule has 0 spiro atoms. The molecular weight excluding hydrogens is 156 g/mol. The number of ether oxygens (including phenoxy) is 2. The lowest BCUT2D eigenvalue weighted by Gasteiger charge is -2.36. The molecule has 0 saturated heterocycles. The molecule has 0 bridgehead atoms. The van der Waals surface area contributed by atoms with E-state index in [9.17, 15) is 4.79 Å². The van der Waals surface area contributed by atoms with E-state index in [1.807, 2.05) is 13.8 Å². The van der Waals surface area contributed by atoms with E-state index in [2.05, 4.69) is 0 Å². The Hall–Kier alpha value is -0.990. The van der Waals surface area contributed by atoms with Crippen molar-refractivity contribution in [3.8, 4) is 0 Å². The minimum Gasteiger partial charge on any atom is -0.457 e. The van der Waals surface area contributed by atoms with Crippen molar-refractivity contribution in [2.75, 3.05) is 0 Å². The summed E-state index contributed by atoms with van der Waals surface area (Å²) in [6.07, 6.45) is 1.35. The van der Waals surface area contributed by atoms with Gasteiger partial charge in [-0.2, -0.15) is 0 Å². The summed E-state index contributed by atoms with van der Waals surface area (Å²) >= 11 is 0. The Labute approximate surface area is 72.4 Å². The maximum Gasteiger partial charge on any atom is 0.337 e. The van der Waals surface area contributed by atoms with Crippen molar-refractivity contribution in [1.82, 2.24) is 0 Å². The second-order valence-electron chi connectivity index (χ2n) is 3.45. The van der Waals surface area contributed by atoms with Gasteiger partial charge in [0.1, 0.15) is 5.76 Å². The lowest BCUT2D eigenvalue weighted by molar-refractivity contribution is -0.230. The molecule has 0 aromatic heterocycles. The van der Waals surface area contributed by atoms with Gasteiger partial charge in [0.25, 0.3) is 5.79 Å². The van der Waals surface area contributed by atoms with Crippen LogP contribution in [0, 0.1) is 5.92 Å². The molecule has 0 aliphatic carbocycles. The van der Waals surface area contributed by atoms with E-state index in [0.717, 1.165) is 0 Å². The second-order valence-corrected chi connectivity index (χ2v) is 3.45. The van der Waals surface area contributed by atoms with Gasteiger partial charge >= 0.3 is 5.97 Å². The van der Waals surface area contributed by atoms with Crippen LogP contribution >= 0.6 is 0 Å². The molecular formula is C9H14O3. The molecule has 68 valence electrons. The van der Waals surface area contributed by atoms with E-state index in [1.165, 1.54) is 6.08 Å². The van der Waals surface area contributed by atoms with Crippen molar-refractivity contribution >= 4 is 5.97 Å². The standard InChI is InChI=1S/C9H14O3/c1-6(2)9(4)11-7(3)5-8(10)12-9/h5-6H,1-4H3/t9-/m1/s1. The summed E-state index contributed by atoms with van der Waals surface area (Å²) in [7, 11) is 0. The Morgan fingerprint density at radius 2 is 2.00 bits per heavy atom. The van der Waals surface area contributed by atoms with Crippen molar-refractivity contribution in [2.45, 2.75) is 33.5 Å². The lowest BCUT2D eigenvalue weighted by Crippen LogP contribution is -2.41. The summed E-state index contributed by atoms with van der Waals surface area (Å²) in [5.41, 5.74) is 0. The number of allylic oxidation sites excluding steroid dienone is 1. The van der Waals surface area contributed by atoms with Gasteiger partial charge in [0.15, 0.2) is 0 Å². The minimum atomic E-state index is -0.796. The first-order valence-corrected chi connectivity index (χ1v) is 4.04. The van der Waals surface area contributed by atoms with Gasteiger partial charge in [0.05, 0.1) is 6.08 Å². The first-order chi connectivity index (χ1) is 5.44. The summed E-state index contributed by atoms with van der Waals surface area (Å²) in [6.45, 7) is 7.42. The molecule has 0 unspecified atom stereocenters. The zero-order valence-corrected chi connectivity index (χ0v) is 7.88. The van der Waals surface area contributed by atoms with Gasteiger partial charge in [-0.15, -0.1) is 0 Å². The van der Waals surface area contributed by atoms with Crippen LogP contribution in [0.5, 0.6) is 0 Å². The van der Waals surface area contributed by atoms with Crippen LogP contribution in [0.25, 0.3) is 0 Å². The number of carbonyl (C=O) groups excluding carboxylic acids is 1. The monoisotopic (exact) mass is 170 g/mol. The normalized spacial score (nSPS) is 29.4. The van der Waals surface area contributed by atoms with Gasteiger partial charge in [0.2, 0.25) is 0 Å². The van der Waals surface area contributed by atoms with Crippen LogP contribution in [0.4, 0.5) is 0 Å². The Morgan fingerprint density at radius 1 is 1.42 bits per heavy atom. The summed E-state index contributed by atoms with van der Waals surface area (Å²) in [4.78, 5) is 11.0. The molecule has 0 aromatic carbocycles. The minimum absolute atomic E-state index is 0.144. The fraction of sp³-hybridized carbons (Fsp3) is 0.667. The average molecular weight is 170 g/mol. The van der Waals surface area contributed by atoms with Crippen molar-refractivity contribution in [3.05, 3.63) is 11.8 Å². The number of hydrogen-bond donors (Lipinski definition) is 0. The van der Waals surface area contributed by atoms with E-state index in [0.29, 0.717) is 5.76 Å². The van der Waals surface area contributed by atoms with Gasteiger partial charge in [-0.05, 0) is 6.92 Å². The molecule has 1 rings (SSSR count). The molecule has 1 aliphatic heterocycles. The van der Waals surface area contributed by atoms with Crippen LogP contribution in [0.1, 0.15) is 27.7 Å². The fourth-order valence-electron chi connectivity index (χ4n) is 1.00. The third-order valence-electron chi connectivity index (χ3n) is 2.04. The molecule has 3 heteroatoms. The van der Waals surface area contributed by atoms with Crippen LogP contribution in [0.2, 0.25) is 0 Å². The van der Waals surface area contributed by atoms with E-state index >= 15 is 0 Å². The summed E-state index contributed by atoms with van der Waals surface area (Å²) < 4.78 is 10.5. The van der Waals surface area contributed by atoms with Crippen LogP contribution in [-0.2, 0) is 14.3 Å². The van der Waals surface area contributed by atoms with Crippen molar-refractivity contribution in [1.29, 1.82) is 0 Å². The Morgan fingerprint density at radius 3 is 2.42 bits per heavy atom. The van der Waals surface area contributed by atoms with E-state index in [1.54, 1.807) is 13.8 Å². The Bertz CT molecular complexity index is 230. The number of carbonyl (C=O) groups is 1. The van der Waals surface area contributed by atoms with Gasteiger partial charge in [-0.25, -0.2) is 4.79 Å². The van der Waals surface area contributed by atoms with Gasteiger partial charge in [-0.3, -0.25) is 0 Å². The highest BCUT2D eigenvalue weighted by Gasteiger charge is 2.37. The zero-order chi connectivity index (χ0) is 9.35. The molecule has 0 fully saturated rings. The number of hydrogen-bond acceptors (Lipinski definition) is 3. The molecule has 0 aromatic rings. The third-order valence-corrected chi connectivity index (χ3v) is 2.04. The van der Waals surface area contributed by atoms with Crippen LogP contribution < -0.4 is 0 Å². The van der Waals surface area contributed by atoms with E-state index in [4.69, 9.17) is 9.47 Å². The van der Waals surface area contributed by atoms with E-state index < -0.39 is 5.79 Å². The average Bonchev–Trinajstić information content (AvgIpc) is 1.82. The number of rotatable bonds is 1. The van der Waals surface area contributed by atoms with Crippen LogP contribution in [0.3, 0.4) is 0 Å². The molecule has 0 saturated carbocycles. The van der Waals surface area contributed by atoms with Crippen molar-refractivity contribution < 1.29 is 14.3 Å². The molecule has 3 nitrogen and oxygen atoms in total. The first-order valence-electron chi connectivity index (χ1n) is 4.04. The number of esters is 1. The molecule has 0 N–H and O–H groups in total. The highest BCUT2D eigenvalue weighted by molar-refractivity contribution is 5.83. The van der Waals surface area contributed by atoms with Crippen molar-refractivity contribution in [3.63, 3.8) is 0 Å². The molecule has 1 atom stereocenters. The summed E-state index contributed by atoms with van der Waals surface area (Å²) in [6, 6.07) is 0. The van der Waals surface area contributed by atoms with Crippen molar-refractivity contribution in [2.24, 2.45) is 5.92 Å². The Kier molecular flexibility index (Phi) is 2.13. The highest BCUT2D eigenvalue weighted by Crippen LogP contribution is 2.29. The zero-order valence-electron chi connectivity index (χ0n) is 7.88. The van der Waals surface area contributed by atoms with Gasteiger partial charge in [-0.1, -0.05) is 13.8 Å². The van der Waals surface area contributed by atoms with Gasteiger partial charge < -0.3 is 9.47 Å². The molecule has 0 amide bonds. The van der Waals surface area contributed by atoms with Crippen LogP contribution in [-0.4, -0.2) is 11.8 Å².